The molecule has 0 bridgehead atoms. The van der Waals surface area contributed by atoms with E-state index >= 15 is 0 Å². The van der Waals surface area contributed by atoms with Crippen LogP contribution in [0.15, 0.2) is 36.4 Å². The molecule has 0 aromatic heterocycles. The lowest BCUT2D eigenvalue weighted by Crippen LogP contribution is -2.08. The number of esters is 1. The van der Waals surface area contributed by atoms with Crippen LogP contribution in [0.4, 0.5) is 14.5 Å². The van der Waals surface area contributed by atoms with E-state index in [1.165, 1.54) is 24.3 Å². The maximum atomic E-state index is 13.5. The van der Waals surface area contributed by atoms with Gasteiger partial charge in [-0.1, -0.05) is 17.7 Å². The van der Waals surface area contributed by atoms with Gasteiger partial charge in [-0.05, 0) is 30.3 Å². The Hall–Kier alpha value is -2.14. The lowest BCUT2D eigenvalue weighted by atomic mass is 10.2. The van der Waals surface area contributed by atoms with E-state index in [1.54, 1.807) is 0 Å². The van der Waals surface area contributed by atoms with Gasteiger partial charge in [0.05, 0.1) is 10.6 Å². The Morgan fingerprint density at radius 3 is 2.60 bits per heavy atom. The van der Waals surface area contributed by atoms with Crippen molar-refractivity contribution in [3.8, 4) is 0 Å². The molecule has 0 saturated heterocycles. The molecule has 0 aliphatic heterocycles. The predicted octanol–water partition coefficient (Wildman–Crippen LogP) is 3.56. The molecule has 0 saturated carbocycles. The van der Waals surface area contributed by atoms with Crippen LogP contribution >= 0.6 is 11.6 Å². The van der Waals surface area contributed by atoms with Gasteiger partial charge in [-0.2, -0.15) is 0 Å². The molecule has 0 unspecified atom stereocenters. The number of halogens is 3. The zero-order valence-electron chi connectivity index (χ0n) is 10.2. The number of nitrogens with two attached hydrogens (primary N) is 1. The predicted molar refractivity (Wildman–Crippen MR) is 71.3 cm³/mol. The van der Waals surface area contributed by atoms with Gasteiger partial charge in [-0.3, -0.25) is 0 Å². The summed E-state index contributed by atoms with van der Waals surface area (Å²) in [6.45, 7) is -0.179. The van der Waals surface area contributed by atoms with Crippen molar-refractivity contribution in [3.63, 3.8) is 0 Å². The van der Waals surface area contributed by atoms with Crippen LogP contribution in [0, 0.1) is 11.6 Å². The lowest BCUT2D eigenvalue weighted by molar-refractivity contribution is 0.0467. The first kappa shape index (κ1) is 14.3. The van der Waals surface area contributed by atoms with Gasteiger partial charge >= 0.3 is 5.97 Å². The van der Waals surface area contributed by atoms with Gasteiger partial charge < -0.3 is 10.5 Å². The van der Waals surface area contributed by atoms with Crippen LogP contribution in [0.2, 0.25) is 5.02 Å². The zero-order chi connectivity index (χ0) is 14.7. The maximum Gasteiger partial charge on any atom is 0.341 e. The standard InChI is InChI=1S/C14H10ClF2NO2/c15-12-5-9(16)2-1-8(12)7-20-14(19)11-4-3-10(18)6-13(11)17/h1-6H,7,18H2. The monoisotopic (exact) mass is 297 g/mol. The van der Waals surface area contributed by atoms with E-state index in [1.807, 2.05) is 0 Å². The molecule has 2 aromatic carbocycles. The summed E-state index contributed by atoms with van der Waals surface area (Å²) >= 11 is 5.79. The zero-order valence-corrected chi connectivity index (χ0v) is 11.0. The average Bonchev–Trinajstić information content (AvgIpc) is 2.37. The topological polar surface area (TPSA) is 52.3 Å². The van der Waals surface area contributed by atoms with Gasteiger partial charge in [0.15, 0.2) is 0 Å². The van der Waals surface area contributed by atoms with Gasteiger partial charge in [0.1, 0.15) is 18.2 Å². The van der Waals surface area contributed by atoms with Crippen LogP contribution in [0.1, 0.15) is 15.9 Å². The molecule has 6 heteroatoms. The Morgan fingerprint density at radius 1 is 1.20 bits per heavy atom. The second kappa shape index (κ2) is 5.88. The number of rotatable bonds is 3. The number of hydrogen-bond donors (Lipinski definition) is 1. The fourth-order valence-electron chi connectivity index (χ4n) is 1.56. The van der Waals surface area contributed by atoms with Crippen LogP contribution < -0.4 is 5.73 Å². The third-order valence-corrected chi connectivity index (χ3v) is 2.94. The maximum absolute atomic E-state index is 13.5. The van der Waals surface area contributed by atoms with Gasteiger partial charge in [-0.15, -0.1) is 0 Å². The second-order valence-electron chi connectivity index (χ2n) is 4.05. The number of ether oxygens (including phenoxy) is 1. The molecule has 0 aliphatic rings. The van der Waals surface area contributed by atoms with Crippen molar-refractivity contribution < 1.29 is 18.3 Å². The summed E-state index contributed by atoms with van der Waals surface area (Å²) in [5.74, 6) is -2.10. The number of hydrogen-bond acceptors (Lipinski definition) is 3. The molecule has 0 heterocycles. The van der Waals surface area contributed by atoms with Gasteiger partial charge in [0.2, 0.25) is 0 Å². The molecule has 0 aliphatic carbocycles. The third kappa shape index (κ3) is 3.24. The van der Waals surface area contributed by atoms with E-state index in [4.69, 9.17) is 22.1 Å². The van der Waals surface area contributed by atoms with Gasteiger partial charge in [0.25, 0.3) is 0 Å². The first-order valence-electron chi connectivity index (χ1n) is 5.63. The summed E-state index contributed by atoms with van der Waals surface area (Å²) < 4.78 is 31.3. The Morgan fingerprint density at radius 2 is 1.95 bits per heavy atom. The average molecular weight is 298 g/mol. The van der Waals surface area contributed by atoms with Gasteiger partial charge in [-0.25, -0.2) is 13.6 Å². The van der Waals surface area contributed by atoms with E-state index in [0.717, 1.165) is 12.1 Å². The quantitative estimate of drug-likeness (QED) is 0.696. The molecule has 0 atom stereocenters. The summed E-state index contributed by atoms with van der Waals surface area (Å²) in [4.78, 5) is 11.7. The molecule has 2 aromatic rings. The molecule has 2 rings (SSSR count). The van der Waals surface area contributed by atoms with E-state index < -0.39 is 17.6 Å². The minimum atomic E-state index is -0.845. The fraction of sp³-hybridized carbons (Fsp3) is 0.0714. The number of carbonyl (C=O) groups is 1. The van der Waals surface area contributed by atoms with Crippen molar-refractivity contribution >= 4 is 23.3 Å². The SMILES string of the molecule is Nc1ccc(C(=O)OCc2ccc(F)cc2Cl)c(F)c1. The summed E-state index contributed by atoms with van der Waals surface area (Å²) in [6, 6.07) is 7.35. The Labute approximate surface area is 118 Å². The van der Waals surface area contributed by atoms with Crippen molar-refractivity contribution in [2.45, 2.75) is 6.61 Å². The van der Waals surface area contributed by atoms with Crippen molar-refractivity contribution in [3.05, 3.63) is 64.2 Å². The number of benzene rings is 2. The number of nitrogen functional groups attached to an aromatic ring is 1. The molecule has 0 spiro atoms. The summed E-state index contributed by atoms with van der Waals surface area (Å²) in [6.07, 6.45) is 0. The van der Waals surface area contributed by atoms with Crippen molar-refractivity contribution in [1.29, 1.82) is 0 Å². The minimum absolute atomic E-state index is 0.135. The number of anilines is 1. The Balaban J connectivity index is 2.08. The highest BCUT2D eigenvalue weighted by Gasteiger charge is 2.14. The Kier molecular flexibility index (Phi) is 4.20. The molecule has 0 radical (unpaired) electrons. The van der Waals surface area contributed by atoms with E-state index in [-0.39, 0.29) is 22.9 Å². The smallest absolute Gasteiger partial charge is 0.341 e. The van der Waals surface area contributed by atoms with Crippen LogP contribution in [-0.4, -0.2) is 5.97 Å². The summed E-state index contributed by atoms with van der Waals surface area (Å²) in [5, 5.41) is 0.135. The van der Waals surface area contributed by atoms with Crippen molar-refractivity contribution in [2.24, 2.45) is 0 Å². The molecule has 0 fully saturated rings. The van der Waals surface area contributed by atoms with Gasteiger partial charge in [0, 0.05) is 11.3 Å². The fourth-order valence-corrected chi connectivity index (χ4v) is 1.78. The van der Waals surface area contributed by atoms with E-state index in [0.29, 0.717) is 5.56 Å². The number of carbonyl (C=O) groups excluding carboxylic acids is 1. The van der Waals surface area contributed by atoms with E-state index in [2.05, 4.69) is 0 Å². The van der Waals surface area contributed by atoms with Crippen LogP contribution in [-0.2, 0) is 11.3 Å². The van der Waals surface area contributed by atoms with Crippen molar-refractivity contribution in [1.82, 2.24) is 0 Å². The molecule has 0 amide bonds. The summed E-state index contributed by atoms with van der Waals surface area (Å²) in [5.41, 5.74) is 5.79. The summed E-state index contributed by atoms with van der Waals surface area (Å²) in [7, 11) is 0. The van der Waals surface area contributed by atoms with Crippen molar-refractivity contribution in [2.75, 3.05) is 5.73 Å². The molecule has 3 nitrogen and oxygen atoms in total. The normalized spacial score (nSPS) is 10.3. The van der Waals surface area contributed by atoms with E-state index in [9.17, 15) is 13.6 Å². The highest BCUT2D eigenvalue weighted by molar-refractivity contribution is 6.31. The molecular weight excluding hydrogens is 288 g/mol. The molecule has 2 N–H and O–H groups in total. The Bertz CT molecular complexity index is 662. The van der Waals surface area contributed by atoms with Crippen LogP contribution in [0.25, 0.3) is 0 Å². The second-order valence-corrected chi connectivity index (χ2v) is 4.46. The van der Waals surface area contributed by atoms with Crippen LogP contribution in [0.3, 0.4) is 0 Å². The first-order valence-corrected chi connectivity index (χ1v) is 6.01. The first-order chi connectivity index (χ1) is 9.47. The molecule has 20 heavy (non-hydrogen) atoms. The molecule has 104 valence electrons. The van der Waals surface area contributed by atoms with Crippen LogP contribution in [0.5, 0.6) is 0 Å². The highest BCUT2D eigenvalue weighted by atomic mass is 35.5. The molecular formula is C14H10ClF2NO2. The lowest BCUT2D eigenvalue weighted by Gasteiger charge is -2.07. The largest absolute Gasteiger partial charge is 0.457 e. The minimum Gasteiger partial charge on any atom is -0.457 e. The highest BCUT2D eigenvalue weighted by Crippen LogP contribution is 2.19. The third-order valence-electron chi connectivity index (χ3n) is 2.59.